The minimum absolute atomic E-state index is 0.0350. The highest BCUT2D eigenvalue weighted by Gasteiger charge is 2.25. The van der Waals surface area contributed by atoms with Crippen LogP contribution in [-0.2, 0) is 28.6 Å². The molecule has 358 valence electrons. The zero-order valence-electron chi connectivity index (χ0n) is 40.8. The van der Waals surface area contributed by atoms with E-state index in [1.165, 1.54) is 103 Å². The Balaban J connectivity index is 4.21. The molecule has 0 N–H and O–H groups in total. The van der Waals surface area contributed by atoms with Crippen LogP contribution in [0.2, 0.25) is 0 Å². The molecule has 0 bridgehead atoms. The molecule has 0 aliphatic heterocycles. The maximum atomic E-state index is 12.8. The van der Waals surface area contributed by atoms with E-state index in [2.05, 4.69) is 74.6 Å². The molecular weight excluding hydrogens is 775 g/mol. The minimum Gasteiger partial charge on any atom is -0.544 e. The second kappa shape index (κ2) is 44.6. The van der Waals surface area contributed by atoms with Crippen molar-refractivity contribution in [1.29, 1.82) is 0 Å². The van der Waals surface area contributed by atoms with Gasteiger partial charge in [0.25, 0.3) is 0 Å². The molecule has 0 rings (SSSR count). The lowest BCUT2D eigenvalue weighted by molar-refractivity contribution is -0.889. The average molecular weight is 870 g/mol. The number of rotatable bonds is 45. The van der Waals surface area contributed by atoms with Gasteiger partial charge in [0.15, 0.2) is 6.10 Å². The molecule has 2 unspecified atom stereocenters. The first-order valence-corrected chi connectivity index (χ1v) is 25.3. The number of hydrogen-bond acceptors (Lipinski definition) is 7. The lowest BCUT2D eigenvalue weighted by atomic mass is 10.0. The van der Waals surface area contributed by atoms with Gasteiger partial charge in [-0.2, -0.15) is 0 Å². The number of carboxylic acids is 1. The number of esters is 2. The zero-order valence-corrected chi connectivity index (χ0v) is 40.8. The van der Waals surface area contributed by atoms with Crippen molar-refractivity contribution in [3.05, 3.63) is 60.8 Å². The molecule has 0 aromatic rings. The van der Waals surface area contributed by atoms with Crippen LogP contribution in [0.1, 0.15) is 213 Å². The van der Waals surface area contributed by atoms with Crippen LogP contribution >= 0.6 is 0 Å². The SMILES string of the molecule is CC/C=C/C/C=C/C/C=C/CCCCCCCCCCCCCCCC(=O)OCC(COCCC(C(=O)[O-])[N+](C)(C)C)OC(=O)CCCCCCCC/C=C/C=C/CCCCC. The van der Waals surface area contributed by atoms with Gasteiger partial charge in [-0.3, -0.25) is 9.59 Å². The molecule has 8 nitrogen and oxygen atoms in total. The number of aliphatic carboxylic acids is 1. The summed E-state index contributed by atoms with van der Waals surface area (Å²) in [5, 5.41) is 11.7. The van der Waals surface area contributed by atoms with E-state index in [4.69, 9.17) is 14.2 Å². The van der Waals surface area contributed by atoms with E-state index in [0.717, 1.165) is 77.0 Å². The first-order valence-electron chi connectivity index (χ1n) is 25.3. The summed E-state index contributed by atoms with van der Waals surface area (Å²) < 4.78 is 17.2. The highest BCUT2D eigenvalue weighted by Crippen LogP contribution is 2.15. The third-order valence-electron chi connectivity index (χ3n) is 11.2. The van der Waals surface area contributed by atoms with Crippen LogP contribution in [0, 0.1) is 0 Å². The molecule has 0 spiro atoms. The minimum atomic E-state index is -1.13. The molecule has 2 atom stereocenters. The number of quaternary nitrogens is 1. The number of ether oxygens (including phenoxy) is 3. The number of hydrogen-bond donors (Lipinski definition) is 0. The molecule has 0 amide bonds. The Kier molecular flexibility index (Phi) is 42.5. The summed E-state index contributed by atoms with van der Waals surface area (Å²) in [7, 11) is 5.41. The van der Waals surface area contributed by atoms with Crippen molar-refractivity contribution < 1.29 is 38.2 Å². The highest BCUT2D eigenvalue weighted by molar-refractivity contribution is 5.70. The fourth-order valence-corrected chi connectivity index (χ4v) is 7.25. The van der Waals surface area contributed by atoms with E-state index in [-0.39, 0.29) is 42.7 Å². The van der Waals surface area contributed by atoms with Gasteiger partial charge in [-0.25, -0.2) is 0 Å². The van der Waals surface area contributed by atoms with E-state index in [9.17, 15) is 19.5 Å². The van der Waals surface area contributed by atoms with Crippen molar-refractivity contribution in [3.8, 4) is 0 Å². The van der Waals surface area contributed by atoms with Crippen LogP contribution < -0.4 is 5.11 Å². The predicted molar refractivity (Wildman–Crippen MR) is 259 cm³/mol. The molecule has 0 fully saturated rings. The number of carboxylic acid groups (broad SMARTS) is 1. The van der Waals surface area contributed by atoms with Gasteiger partial charge in [0.05, 0.1) is 40.3 Å². The molecule has 0 aliphatic carbocycles. The Morgan fingerprint density at radius 1 is 0.516 bits per heavy atom. The largest absolute Gasteiger partial charge is 0.544 e. The molecule has 0 saturated heterocycles. The van der Waals surface area contributed by atoms with Crippen LogP contribution in [0.4, 0.5) is 0 Å². The molecule has 0 aliphatic rings. The zero-order chi connectivity index (χ0) is 45.6. The molecule has 0 aromatic carbocycles. The number of carbonyl (C=O) groups is 3. The molecular formula is C54H95NO7. The Labute approximate surface area is 381 Å². The van der Waals surface area contributed by atoms with Gasteiger partial charge in [0.2, 0.25) is 0 Å². The first kappa shape index (κ1) is 59.0. The summed E-state index contributed by atoms with van der Waals surface area (Å²) >= 11 is 0. The molecule has 0 heterocycles. The van der Waals surface area contributed by atoms with Crippen molar-refractivity contribution in [1.82, 2.24) is 0 Å². The third-order valence-corrected chi connectivity index (χ3v) is 11.2. The number of carbonyl (C=O) groups excluding carboxylic acids is 3. The normalized spacial score (nSPS) is 13.4. The smallest absolute Gasteiger partial charge is 0.306 e. The second-order valence-corrected chi connectivity index (χ2v) is 18.1. The van der Waals surface area contributed by atoms with Gasteiger partial charge in [0, 0.05) is 19.3 Å². The van der Waals surface area contributed by atoms with Gasteiger partial charge >= 0.3 is 11.9 Å². The van der Waals surface area contributed by atoms with Crippen LogP contribution in [0.25, 0.3) is 0 Å². The van der Waals surface area contributed by atoms with Gasteiger partial charge in [0.1, 0.15) is 12.6 Å². The fourth-order valence-electron chi connectivity index (χ4n) is 7.25. The van der Waals surface area contributed by atoms with Gasteiger partial charge in [-0.05, 0) is 70.6 Å². The third kappa shape index (κ3) is 42.3. The summed E-state index contributed by atoms with van der Waals surface area (Å²) in [6.07, 6.45) is 55.3. The highest BCUT2D eigenvalue weighted by atomic mass is 16.6. The summed E-state index contributed by atoms with van der Waals surface area (Å²) in [5.41, 5.74) is 0. The number of likely N-dealkylation sites (N-methyl/N-ethyl adjacent to an activating group) is 1. The average Bonchev–Trinajstić information content (AvgIpc) is 3.23. The second-order valence-electron chi connectivity index (χ2n) is 18.1. The van der Waals surface area contributed by atoms with Gasteiger partial charge < -0.3 is 28.6 Å². The quantitative estimate of drug-likeness (QED) is 0.0197. The summed E-state index contributed by atoms with van der Waals surface area (Å²) in [6.45, 7) is 4.52. The Hall–Kier alpha value is -2.97. The van der Waals surface area contributed by atoms with Crippen molar-refractivity contribution in [2.75, 3.05) is 41.0 Å². The number of allylic oxidation sites excluding steroid dienone is 10. The van der Waals surface area contributed by atoms with Crippen molar-refractivity contribution in [2.45, 2.75) is 225 Å². The van der Waals surface area contributed by atoms with Crippen LogP contribution in [0.3, 0.4) is 0 Å². The Bertz CT molecular complexity index is 1200. The maximum absolute atomic E-state index is 12.8. The standard InChI is InChI=1S/C54H95NO7/c1-6-8-10-12-14-16-18-20-22-23-24-25-26-27-28-29-31-32-34-36-38-40-42-44-52(56)61-49-50(48-60-47-46-51(54(58)59)55(3,4)5)62-53(57)45-43-41-39-37-35-33-30-21-19-17-15-13-11-9-7-2/h8,10,14-17,19-22,50-51H,6-7,9,11-13,18,23-49H2,1-5H3/b10-8+,16-14+,17-15+,21-19+,22-20+. The number of unbranched alkanes of at least 4 members (excludes halogenated alkanes) is 22. The lowest BCUT2D eigenvalue weighted by Crippen LogP contribution is -2.55. The predicted octanol–water partition coefficient (Wildman–Crippen LogP) is 13.2. The monoisotopic (exact) mass is 870 g/mol. The van der Waals surface area contributed by atoms with E-state index in [1.807, 2.05) is 0 Å². The molecule has 8 heteroatoms. The van der Waals surface area contributed by atoms with Crippen LogP contribution in [0.5, 0.6) is 0 Å². The first-order chi connectivity index (χ1) is 30.1. The topological polar surface area (TPSA) is 102 Å². The van der Waals surface area contributed by atoms with Crippen LogP contribution in [0.15, 0.2) is 60.8 Å². The molecule has 0 radical (unpaired) electrons. The lowest BCUT2D eigenvalue weighted by Gasteiger charge is -2.34. The Morgan fingerprint density at radius 3 is 1.44 bits per heavy atom. The number of nitrogens with zero attached hydrogens (tertiary/aromatic N) is 1. The fraction of sp³-hybridized carbons (Fsp3) is 0.759. The molecule has 62 heavy (non-hydrogen) atoms. The van der Waals surface area contributed by atoms with E-state index in [0.29, 0.717) is 12.8 Å². The van der Waals surface area contributed by atoms with Crippen LogP contribution in [-0.4, -0.2) is 75.5 Å². The Morgan fingerprint density at radius 2 is 0.952 bits per heavy atom. The summed E-state index contributed by atoms with van der Waals surface area (Å²) in [4.78, 5) is 37.0. The van der Waals surface area contributed by atoms with Crippen molar-refractivity contribution in [3.63, 3.8) is 0 Å². The molecule has 0 aromatic heterocycles. The summed E-state index contributed by atoms with van der Waals surface area (Å²) in [6, 6.07) is -0.730. The maximum Gasteiger partial charge on any atom is 0.306 e. The van der Waals surface area contributed by atoms with Gasteiger partial charge in [-0.15, -0.1) is 0 Å². The van der Waals surface area contributed by atoms with Gasteiger partial charge in [-0.1, -0.05) is 184 Å². The van der Waals surface area contributed by atoms with Crippen molar-refractivity contribution in [2.24, 2.45) is 0 Å². The molecule has 0 saturated carbocycles. The van der Waals surface area contributed by atoms with E-state index in [1.54, 1.807) is 21.1 Å². The summed E-state index contributed by atoms with van der Waals surface area (Å²) in [5.74, 6) is -1.75. The van der Waals surface area contributed by atoms with E-state index >= 15 is 0 Å². The van der Waals surface area contributed by atoms with E-state index < -0.39 is 18.1 Å². The van der Waals surface area contributed by atoms with Crippen molar-refractivity contribution >= 4 is 17.9 Å².